The van der Waals surface area contributed by atoms with Crippen molar-refractivity contribution in [3.63, 3.8) is 0 Å². The van der Waals surface area contributed by atoms with Gasteiger partial charge in [-0.05, 0) is 30.3 Å². The van der Waals surface area contributed by atoms with Crippen molar-refractivity contribution in [3.05, 3.63) is 87.5 Å². The van der Waals surface area contributed by atoms with Crippen LogP contribution < -0.4 is 29.7 Å². The number of anilines is 2. The van der Waals surface area contributed by atoms with E-state index in [9.17, 15) is 23.5 Å². The average Bonchev–Trinajstić information content (AvgIpc) is 3.03. The Bertz CT molecular complexity index is 1280. The molecule has 29 heavy (non-hydrogen) atoms. The first-order valence-corrected chi connectivity index (χ1v) is 8.96. The van der Waals surface area contributed by atoms with Crippen LogP contribution >= 0.6 is 11.3 Å². The summed E-state index contributed by atoms with van der Waals surface area (Å²) in [6.45, 7) is 0. The summed E-state index contributed by atoms with van der Waals surface area (Å²) in [4.78, 5) is 24.6. The van der Waals surface area contributed by atoms with Gasteiger partial charge in [-0.3, -0.25) is 9.36 Å². The summed E-state index contributed by atoms with van der Waals surface area (Å²) in [5, 5.41) is 12.8. The number of thiophene rings is 1. The third-order valence-corrected chi connectivity index (χ3v) is 5.32. The van der Waals surface area contributed by atoms with Crippen LogP contribution in [0, 0.1) is 11.6 Å². The number of hydrogen-bond donors (Lipinski definition) is 2. The SMILES string of the molecule is O=C(O)c1sc2c(ccc(=O)n2-c2ccccc2)c1Nc1ccc(F)cc1F.[H-].[Li+]. The molecule has 0 radical (unpaired) electrons. The molecule has 0 saturated heterocycles. The van der Waals surface area contributed by atoms with E-state index in [4.69, 9.17) is 0 Å². The van der Waals surface area contributed by atoms with Crippen molar-refractivity contribution >= 4 is 38.9 Å². The molecule has 0 bridgehead atoms. The zero-order valence-corrected chi connectivity index (χ0v) is 16.0. The fourth-order valence-electron chi connectivity index (χ4n) is 2.90. The summed E-state index contributed by atoms with van der Waals surface area (Å²) in [7, 11) is 0. The molecule has 0 atom stereocenters. The smallest absolute Gasteiger partial charge is 1.00 e. The van der Waals surface area contributed by atoms with Gasteiger partial charge in [-0.25, -0.2) is 13.6 Å². The van der Waals surface area contributed by atoms with Gasteiger partial charge in [-0.2, -0.15) is 0 Å². The molecule has 142 valence electrons. The van der Waals surface area contributed by atoms with E-state index in [2.05, 4.69) is 5.32 Å². The molecule has 0 aliphatic heterocycles. The maximum Gasteiger partial charge on any atom is 1.00 e. The van der Waals surface area contributed by atoms with Gasteiger partial charge >= 0.3 is 24.8 Å². The van der Waals surface area contributed by atoms with Crippen LogP contribution in [0.1, 0.15) is 11.1 Å². The second-order valence-electron chi connectivity index (χ2n) is 5.92. The number of nitrogens with zero attached hydrogens (tertiary/aromatic N) is 1. The molecule has 0 saturated carbocycles. The molecule has 0 fully saturated rings. The summed E-state index contributed by atoms with van der Waals surface area (Å²) in [5.41, 5.74) is 0.330. The number of carboxylic acids is 1. The van der Waals surface area contributed by atoms with Gasteiger partial charge in [0.1, 0.15) is 21.3 Å². The number of aromatic nitrogens is 1. The minimum absolute atomic E-state index is 0. The van der Waals surface area contributed by atoms with E-state index >= 15 is 0 Å². The Morgan fingerprint density at radius 1 is 1.07 bits per heavy atom. The Balaban J connectivity index is 0.00000160. The number of aromatic carboxylic acids is 1. The van der Waals surface area contributed by atoms with Crippen molar-refractivity contribution in [1.29, 1.82) is 0 Å². The Morgan fingerprint density at radius 2 is 1.79 bits per heavy atom. The third-order valence-electron chi connectivity index (χ3n) is 4.14. The molecule has 9 heteroatoms. The Morgan fingerprint density at radius 3 is 2.45 bits per heavy atom. The molecular weight excluding hydrogens is 393 g/mol. The third kappa shape index (κ3) is 3.83. The Kier molecular flexibility index (Phi) is 5.89. The molecule has 2 N–H and O–H groups in total. The van der Waals surface area contributed by atoms with Gasteiger partial charge in [0.05, 0.1) is 17.1 Å². The maximum atomic E-state index is 14.1. The number of benzene rings is 2. The number of carbonyl (C=O) groups is 1. The van der Waals surface area contributed by atoms with Gasteiger partial charge in [0, 0.05) is 17.5 Å². The molecule has 0 amide bonds. The molecule has 5 nitrogen and oxygen atoms in total. The zero-order valence-electron chi connectivity index (χ0n) is 16.1. The minimum Gasteiger partial charge on any atom is -1.00 e. The number of rotatable bonds is 4. The summed E-state index contributed by atoms with van der Waals surface area (Å²) < 4.78 is 28.7. The number of halogens is 2. The molecular formula is C20H13F2LiN2O3S. The van der Waals surface area contributed by atoms with E-state index in [1.165, 1.54) is 22.8 Å². The fourth-order valence-corrected chi connectivity index (χ4v) is 4.01. The second-order valence-corrected chi connectivity index (χ2v) is 6.92. The molecule has 0 aliphatic rings. The standard InChI is InChI=1S/C20H12F2N2O3S.Li.H/c21-11-6-8-15(14(22)10-11)23-17-13-7-9-16(25)24(12-4-2-1-3-5-12)19(13)28-18(17)20(26)27;;/h1-10,23H,(H,26,27);;/q;+1;-1. The van der Waals surface area contributed by atoms with Gasteiger partial charge in [0.2, 0.25) is 0 Å². The summed E-state index contributed by atoms with van der Waals surface area (Å²) in [6.07, 6.45) is 0. The van der Waals surface area contributed by atoms with Crippen LogP contribution in [0.25, 0.3) is 15.9 Å². The molecule has 0 aliphatic carbocycles. The van der Waals surface area contributed by atoms with Crippen LogP contribution in [0.15, 0.2) is 65.5 Å². The van der Waals surface area contributed by atoms with Gasteiger partial charge in [-0.15, -0.1) is 11.3 Å². The first kappa shape index (κ1) is 20.8. The Labute approximate surface area is 180 Å². The van der Waals surface area contributed by atoms with E-state index in [0.29, 0.717) is 22.0 Å². The maximum absolute atomic E-state index is 14.1. The second kappa shape index (κ2) is 8.21. The number of carboxylic acid groups (broad SMARTS) is 1. The van der Waals surface area contributed by atoms with E-state index < -0.39 is 17.6 Å². The summed E-state index contributed by atoms with van der Waals surface area (Å²) in [6, 6.07) is 14.6. The van der Waals surface area contributed by atoms with Crippen molar-refractivity contribution in [2.24, 2.45) is 0 Å². The predicted molar refractivity (Wildman–Crippen MR) is 105 cm³/mol. The molecule has 2 heterocycles. The molecule has 4 aromatic rings. The van der Waals surface area contributed by atoms with Crippen molar-refractivity contribution in [2.45, 2.75) is 0 Å². The average molecular weight is 406 g/mol. The quantitative estimate of drug-likeness (QED) is 0.508. The number of pyridine rings is 1. The van der Waals surface area contributed by atoms with Gasteiger partial charge < -0.3 is 11.8 Å². The van der Waals surface area contributed by atoms with E-state index in [1.54, 1.807) is 30.3 Å². The van der Waals surface area contributed by atoms with Crippen molar-refractivity contribution in [1.82, 2.24) is 4.57 Å². The van der Waals surface area contributed by atoms with E-state index in [1.807, 2.05) is 0 Å². The molecule has 4 rings (SSSR count). The van der Waals surface area contributed by atoms with Gasteiger partial charge in [0.15, 0.2) is 0 Å². The predicted octanol–water partition coefficient (Wildman–Crippen LogP) is 1.89. The van der Waals surface area contributed by atoms with Crippen LogP contribution in [-0.2, 0) is 0 Å². The van der Waals surface area contributed by atoms with Crippen molar-refractivity contribution in [3.8, 4) is 5.69 Å². The van der Waals surface area contributed by atoms with E-state index in [-0.39, 0.29) is 42.1 Å². The largest absolute Gasteiger partial charge is 1.00 e. The molecule has 0 spiro atoms. The molecule has 0 unspecified atom stereocenters. The number of nitrogens with one attached hydrogen (secondary N) is 1. The fraction of sp³-hybridized carbons (Fsp3) is 0. The summed E-state index contributed by atoms with van der Waals surface area (Å²) in [5.74, 6) is -2.82. The molecule has 2 aromatic carbocycles. The van der Waals surface area contributed by atoms with Crippen LogP contribution in [-0.4, -0.2) is 15.6 Å². The Hall–Kier alpha value is -2.92. The first-order valence-electron chi connectivity index (χ1n) is 8.15. The van der Waals surface area contributed by atoms with Crippen LogP contribution in [0.3, 0.4) is 0 Å². The first-order chi connectivity index (χ1) is 13.5. The van der Waals surface area contributed by atoms with E-state index in [0.717, 1.165) is 17.4 Å². The number of para-hydroxylation sites is 1. The van der Waals surface area contributed by atoms with Crippen molar-refractivity contribution in [2.75, 3.05) is 5.32 Å². The van der Waals surface area contributed by atoms with Crippen molar-refractivity contribution < 1.29 is 39.0 Å². The van der Waals surface area contributed by atoms with Gasteiger partial charge in [-0.1, -0.05) is 18.2 Å². The monoisotopic (exact) mass is 406 g/mol. The minimum atomic E-state index is -1.22. The topological polar surface area (TPSA) is 71.3 Å². The summed E-state index contributed by atoms with van der Waals surface area (Å²) >= 11 is 0.900. The number of fused-ring (bicyclic) bond motifs is 1. The van der Waals surface area contributed by atoms with Gasteiger partial charge in [0.25, 0.3) is 5.56 Å². The van der Waals surface area contributed by atoms with Crippen LogP contribution in [0.2, 0.25) is 0 Å². The van der Waals surface area contributed by atoms with Crippen LogP contribution in [0.5, 0.6) is 0 Å². The normalized spacial score (nSPS) is 10.6. The number of hydrogen-bond acceptors (Lipinski definition) is 4. The zero-order chi connectivity index (χ0) is 19.8. The molecule has 2 aromatic heterocycles. The van der Waals surface area contributed by atoms with Crippen LogP contribution in [0.4, 0.5) is 20.2 Å².